The van der Waals surface area contributed by atoms with Crippen molar-refractivity contribution in [3.63, 3.8) is 0 Å². The van der Waals surface area contributed by atoms with E-state index < -0.39 is 0 Å². The lowest BCUT2D eigenvalue weighted by Gasteiger charge is -2.19. The molecule has 118 valence electrons. The highest BCUT2D eigenvalue weighted by molar-refractivity contribution is 7.98. The number of nitrogens with zero attached hydrogens (tertiary/aromatic N) is 3. The molecule has 3 aromatic rings. The van der Waals surface area contributed by atoms with Crippen molar-refractivity contribution in [3.8, 4) is 11.4 Å². The van der Waals surface area contributed by atoms with E-state index in [2.05, 4.69) is 65.2 Å². The highest BCUT2D eigenvalue weighted by atomic mass is 32.2. The number of benzene rings is 1. The molecule has 0 spiro atoms. The van der Waals surface area contributed by atoms with E-state index in [0.717, 1.165) is 22.3 Å². The maximum atomic E-state index is 4.51. The molecule has 3 rings (SSSR count). The van der Waals surface area contributed by atoms with Gasteiger partial charge in [-0.15, -0.1) is 5.10 Å². The van der Waals surface area contributed by atoms with Crippen molar-refractivity contribution in [2.75, 3.05) is 0 Å². The summed E-state index contributed by atoms with van der Waals surface area (Å²) in [5.41, 5.74) is 3.76. The largest absolute Gasteiger partial charge is 0.264 e. The minimum Gasteiger partial charge on any atom is -0.264 e. The van der Waals surface area contributed by atoms with Crippen molar-refractivity contribution in [1.29, 1.82) is 0 Å². The summed E-state index contributed by atoms with van der Waals surface area (Å²) < 4.78 is 0. The van der Waals surface area contributed by atoms with Crippen LogP contribution in [0.5, 0.6) is 0 Å². The first-order chi connectivity index (χ1) is 11.0. The number of aromatic nitrogens is 4. The number of rotatable bonds is 4. The Kier molecular flexibility index (Phi) is 4.48. The molecule has 0 radical (unpaired) electrons. The van der Waals surface area contributed by atoms with Gasteiger partial charge in [0.1, 0.15) is 0 Å². The minimum absolute atomic E-state index is 0.189. The fourth-order valence-electron chi connectivity index (χ4n) is 2.19. The van der Waals surface area contributed by atoms with Crippen LogP contribution >= 0.6 is 11.8 Å². The van der Waals surface area contributed by atoms with Gasteiger partial charge in [0, 0.05) is 23.7 Å². The zero-order chi connectivity index (χ0) is 16.3. The molecular formula is C18H20N4S. The molecule has 1 aromatic carbocycles. The highest BCUT2D eigenvalue weighted by Gasteiger charge is 2.13. The van der Waals surface area contributed by atoms with Crippen LogP contribution in [-0.2, 0) is 11.2 Å². The topological polar surface area (TPSA) is 54.5 Å². The standard InChI is InChI=1S/C18H20N4S/c1-18(2,3)15-8-6-13(7-9-15)12-23-17-20-16(21-22-17)14-5-4-10-19-11-14/h4-11H,12H2,1-3H3,(H,20,21,22). The van der Waals surface area contributed by atoms with Gasteiger partial charge >= 0.3 is 0 Å². The number of H-pyrrole nitrogens is 1. The molecule has 0 amide bonds. The van der Waals surface area contributed by atoms with Crippen LogP contribution in [0.3, 0.4) is 0 Å². The summed E-state index contributed by atoms with van der Waals surface area (Å²) in [4.78, 5) is 8.61. The fraction of sp³-hybridized carbons (Fsp3) is 0.278. The quantitative estimate of drug-likeness (QED) is 0.720. The molecule has 23 heavy (non-hydrogen) atoms. The van der Waals surface area contributed by atoms with Gasteiger partial charge in [-0.25, -0.2) is 4.98 Å². The van der Waals surface area contributed by atoms with Crippen LogP contribution in [-0.4, -0.2) is 20.2 Å². The van der Waals surface area contributed by atoms with Crippen LogP contribution in [0, 0.1) is 0 Å². The van der Waals surface area contributed by atoms with Crippen molar-refractivity contribution in [2.45, 2.75) is 37.1 Å². The van der Waals surface area contributed by atoms with Crippen molar-refractivity contribution < 1.29 is 0 Å². The van der Waals surface area contributed by atoms with E-state index in [0.29, 0.717) is 0 Å². The molecule has 0 saturated carbocycles. The first-order valence-electron chi connectivity index (χ1n) is 7.57. The number of aromatic amines is 1. The number of hydrogen-bond donors (Lipinski definition) is 1. The minimum atomic E-state index is 0.189. The first kappa shape index (κ1) is 15.7. The predicted molar refractivity (Wildman–Crippen MR) is 94.3 cm³/mol. The number of thioether (sulfide) groups is 1. The van der Waals surface area contributed by atoms with E-state index in [9.17, 15) is 0 Å². The molecule has 0 bridgehead atoms. The van der Waals surface area contributed by atoms with Crippen molar-refractivity contribution in [2.24, 2.45) is 0 Å². The fourth-order valence-corrected chi connectivity index (χ4v) is 2.95. The summed E-state index contributed by atoms with van der Waals surface area (Å²) >= 11 is 1.63. The maximum Gasteiger partial charge on any atom is 0.209 e. The van der Waals surface area contributed by atoms with Crippen LogP contribution in [0.1, 0.15) is 31.9 Å². The lowest BCUT2D eigenvalue weighted by Crippen LogP contribution is -2.10. The van der Waals surface area contributed by atoms with Gasteiger partial charge in [0.2, 0.25) is 5.16 Å². The van der Waals surface area contributed by atoms with Gasteiger partial charge in [-0.05, 0) is 28.7 Å². The predicted octanol–water partition coefficient (Wildman–Crippen LogP) is 4.46. The Balaban J connectivity index is 1.64. The molecule has 0 aliphatic carbocycles. The van der Waals surface area contributed by atoms with E-state index in [1.54, 1.807) is 24.2 Å². The van der Waals surface area contributed by atoms with E-state index in [4.69, 9.17) is 0 Å². The molecule has 0 unspecified atom stereocenters. The monoisotopic (exact) mass is 324 g/mol. The molecule has 4 nitrogen and oxygen atoms in total. The number of hydrogen-bond acceptors (Lipinski definition) is 4. The smallest absolute Gasteiger partial charge is 0.209 e. The van der Waals surface area contributed by atoms with Crippen LogP contribution in [0.15, 0.2) is 53.9 Å². The van der Waals surface area contributed by atoms with Crippen molar-refractivity contribution >= 4 is 11.8 Å². The van der Waals surface area contributed by atoms with E-state index in [1.165, 1.54) is 11.1 Å². The number of nitrogens with one attached hydrogen (secondary N) is 1. The van der Waals surface area contributed by atoms with Crippen LogP contribution in [0.4, 0.5) is 0 Å². The zero-order valence-electron chi connectivity index (χ0n) is 13.6. The SMILES string of the molecule is CC(C)(C)c1ccc(CSc2n[nH]c(-c3cccnc3)n2)cc1. The third-order valence-corrected chi connectivity index (χ3v) is 4.51. The van der Waals surface area contributed by atoms with E-state index in [1.807, 2.05) is 12.1 Å². The average molecular weight is 324 g/mol. The second kappa shape index (κ2) is 6.54. The van der Waals surface area contributed by atoms with Gasteiger partial charge in [-0.3, -0.25) is 10.1 Å². The molecule has 0 saturated heterocycles. The summed E-state index contributed by atoms with van der Waals surface area (Å²) in [7, 11) is 0. The van der Waals surface area contributed by atoms with Gasteiger partial charge in [-0.2, -0.15) is 0 Å². The van der Waals surface area contributed by atoms with Crippen molar-refractivity contribution in [3.05, 3.63) is 59.9 Å². The lowest BCUT2D eigenvalue weighted by atomic mass is 9.87. The Bertz CT molecular complexity index is 758. The van der Waals surface area contributed by atoms with Gasteiger partial charge < -0.3 is 0 Å². The van der Waals surface area contributed by atoms with E-state index in [-0.39, 0.29) is 5.41 Å². The van der Waals surface area contributed by atoms with Gasteiger partial charge in [0.25, 0.3) is 0 Å². The summed E-state index contributed by atoms with van der Waals surface area (Å²) in [5, 5.41) is 7.98. The molecule has 0 aliphatic rings. The molecule has 0 fully saturated rings. The Morgan fingerprint density at radius 1 is 1.09 bits per heavy atom. The Morgan fingerprint density at radius 2 is 1.87 bits per heavy atom. The second-order valence-electron chi connectivity index (χ2n) is 6.44. The Morgan fingerprint density at radius 3 is 2.52 bits per heavy atom. The molecule has 5 heteroatoms. The third-order valence-electron chi connectivity index (χ3n) is 3.59. The van der Waals surface area contributed by atoms with Gasteiger partial charge in [0.05, 0.1) is 0 Å². The summed E-state index contributed by atoms with van der Waals surface area (Å²) in [6, 6.07) is 12.6. The first-order valence-corrected chi connectivity index (χ1v) is 8.56. The molecular weight excluding hydrogens is 304 g/mol. The Labute approximate surface area is 140 Å². The van der Waals surface area contributed by atoms with Crippen molar-refractivity contribution in [1.82, 2.24) is 20.2 Å². The number of pyridine rings is 1. The second-order valence-corrected chi connectivity index (χ2v) is 7.39. The van der Waals surface area contributed by atoms with Crippen LogP contribution < -0.4 is 0 Å². The van der Waals surface area contributed by atoms with Gasteiger partial charge in [-0.1, -0.05) is 56.8 Å². The zero-order valence-corrected chi connectivity index (χ0v) is 14.4. The van der Waals surface area contributed by atoms with Crippen LogP contribution in [0.25, 0.3) is 11.4 Å². The molecule has 1 N–H and O–H groups in total. The van der Waals surface area contributed by atoms with Gasteiger partial charge in [0.15, 0.2) is 5.82 Å². The lowest BCUT2D eigenvalue weighted by molar-refractivity contribution is 0.590. The molecule has 0 aliphatic heterocycles. The van der Waals surface area contributed by atoms with E-state index >= 15 is 0 Å². The summed E-state index contributed by atoms with van der Waals surface area (Å²) in [6.45, 7) is 6.68. The highest BCUT2D eigenvalue weighted by Crippen LogP contribution is 2.25. The average Bonchev–Trinajstić information content (AvgIpc) is 3.02. The molecule has 2 aromatic heterocycles. The maximum absolute atomic E-state index is 4.51. The molecule has 0 atom stereocenters. The molecule has 2 heterocycles. The third kappa shape index (κ3) is 3.99. The normalized spacial score (nSPS) is 11.6. The Hall–Kier alpha value is -2.14. The summed E-state index contributed by atoms with van der Waals surface area (Å²) in [5.74, 6) is 1.61. The summed E-state index contributed by atoms with van der Waals surface area (Å²) in [6.07, 6.45) is 3.52. The van der Waals surface area contributed by atoms with Crippen LogP contribution in [0.2, 0.25) is 0 Å².